The molecule has 0 aliphatic carbocycles. The van der Waals surface area contributed by atoms with Crippen LogP contribution in [-0.2, 0) is 12.8 Å². The first-order valence-electron chi connectivity index (χ1n) is 9.72. The molecule has 0 spiro atoms. The number of nitrogens with zero attached hydrogens (tertiary/aromatic N) is 4. The number of nitrogens with one attached hydrogen (secondary N) is 2. The maximum Gasteiger partial charge on any atom is 0.251 e. The Morgan fingerprint density at radius 1 is 0.933 bits per heavy atom. The molecule has 0 saturated carbocycles. The van der Waals surface area contributed by atoms with E-state index in [1.165, 1.54) is 5.56 Å². The number of carbonyl (C=O) groups is 1. The van der Waals surface area contributed by atoms with Crippen molar-refractivity contribution in [1.29, 1.82) is 0 Å². The lowest BCUT2D eigenvalue weighted by Gasteiger charge is -2.07. The minimum Gasteiger partial charge on any atom is -0.368 e. The van der Waals surface area contributed by atoms with Crippen LogP contribution in [-0.4, -0.2) is 38.8 Å². The molecule has 4 rings (SSSR count). The van der Waals surface area contributed by atoms with Crippen molar-refractivity contribution in [1.82, 2.24) is 25.1 Å². The smallest absolute Gasteiger partial charge is 0.251 e. The van der Waals surface area contributed by atoms with E-state index in [-0.39, 0.29) is 5.91 Å². The molecule has 0 unspecified atom stereocenters. The van der Waals surface area contributed by atoms with Crippen LogP contribution in [0.2, 0.25) is 5.02 Å². The molecule has 2 heterocycles. The van der Waals surface area contributed by atoms with Gasteiger partial charge in [-0.25, -0.2) is 0 Å². The van der Waals surface area contributed by atoms with E-state index < -0.39 is 0 Å². The largest absolute Gasteiger partial charge is 0.368 e. The van der Waals surface area contributed by atoms with E-state index in [2.05, 4.69) is 38.1 Å². The normalized spacial score (nSPS) is 10.8. The Labute approximate surface area is 179 Å². The van der Waals surface area contributed by atoms with Crippen LogP contribution in [0.3, 0.4) is 0 Å². The van der Waals surface area contributed by atoms with Crippen LogP contribution in [0.15, 0.2) is 66.7 Å². The lowest BCUT2D eigenvalue weighted by atomic mass is 10.1. The molecule has 0 atom stereocenters. The number of hydrogen-bond donors (Lipinski definition) is 2. The van der Waals surface area contributed by atoms with Gasteiger partial charge in [-0.15, -0.1) is 15.3 Å². The third-order valence-electron chi connectivity index (χ3n) is 4.61. The van der Waals surface area contributed by atoms with Crippen molar-refractivity contribution < 1.29 is 4.79 Å². The number of rotatable bonds is 8. The topological polar surface area (TPSA) is 84.2 Å². The molecule has 30 heavy (non-hydrogen) atoms. The van der Waals surface area contributed by atoms with Crippen molar-refractivity contribution in [2.45, 2.75) is 12.8 Å². The van der Waals surface area contributed by atoms with E-state index in [9.17, 15) is 4.79 Å². The molecule has 8 heteroatoms. The molecule has 2 N–H and O–H groups in total. The number of anilines is 1. The zero-order valence-corrected chi connectivity index (χ0v) is 17.0. The average Bonchev–Trinajstić information content (AvgIpc) is 3.17. The molecule has 0 saturated heterocycles. The number of amides is 1. The van der Waals surface area contributed by atoms with Crippen molar-refractivity contribution >= 4 is 29.0 Å². The fourth-order valence-corrected chi connectivity index (χ4v) is 3.27. The Kier molecular flexibility index (Phi) is 6.20. The van der Waals surface area contributed by atoms with Gasteiger partial charge < -0.3 is 10.6 Å². The standard InChI is InChI=1S/C22H21ClN6O/c23-18-8-4-7-17(15-18)22(30)25-14-12-21-27-26-20-10-9-19(28-29(20)21)24-13-11-16-5-2-1-3-6-16/h1-10,15H,11-14H2,(H,24,28)(H,25,30). The Hall–Kier alpha value is -3.45. The number of carbonyl (C=O) groups excluding carboxylic acids is 1. The predicted molar refractivity (Wildman–Crippen MR) is 117 cm³/mol. The van der Waals surface area contributed by atoms with Gasteiger partial charge in [-0.3, -0.25) is 4.79 Å². The summed E-state index contributed by atoms with van der Waals surface area (Å²) in [6.45, 7) is 1.19. The summed E-state index contributed by atoms with van der Waals surface area (Å²) in [5.74, 6) is 1.26. The van der Waals surface area contributed by atoms with Gasteiger partial charge in [0, 0.05) is 30.1 Å². The molecule has 0 fully saturated rings. The highest BCUT2D eigenvalue weighted by Gasteiger charge is 2.10. The van der Waals surface area contributed by atoms with Crippen molar-refractivity contribution in [3.05, 3.63) is 88.7 Å². The van der Waals surface area contributed by atoms with Crippen LogP contribution in [0.4, 0.5) is 5.82 Å². The summed E-state index contributed by atoms with van der Waals surface area (Å²) < 4.78 is 1.70. The Morgan fingerprint density at radius 2 is 1.80 bits per heavy atom. The minimum absolute atomic E-state index is 0.178. The first-order valence-corrected chi connectivity index (χ1v) is 10.1. The lowest BCUT2D eigenvalue weighted by molar-refractivity contribution is 0.0954. The third-order valence-corrected chi connectivity index (χ3v) is 4.85. The Bertz CT molecular complexity index is 1140. The van der Waals surface area contributed by atoms with Gasteiger partial charge in [0.1, 0.15) is 5.82 Å². The van der Waals surface area contributed by atoms with Crippen LogP contribution in [0.25, 0.3) is 5.65 Å². The van der Waals surface area contributed by atoms with Crippen LogP contribution in [0, 0.1) is 0 Å². The second kappa shape index (κ2) is 9.37. The van der Waals surface area contributed by atoms with Gasteiger partial charge in [-0.05, 0) is 42.3 Å². The molecule has 1 amide bonds. The molecule has 7 nitrogen and oxygen atoms in total. The number of benzene rings is 2. The van der Waals surface area contributed by atoms with E-state index in [1.54, 1.807) is 28.8 Å². The highest BCUT2D eigenvalue weighted by Crippen LogP contribution is 2.11. The molecular weight excluding hydrogens is 400 g/mol. The molecule has 0 aliphatic rings. The lowest BCUT2D eigenvalue weighted by Crippen LogP contribution is -2.26. The summed E-state index contributed by atoms with van der Waals surface area (Å²) in [6, 6.07) is 20.9. The minimum atomic E-state index is -0.178. The summed E-state index contributed by atoms with van der Waals surface area (Å²) in [5.41, 5.74) is 2.46. The van der Waals surface area contributed by atoms with E-state index >= 15 is 0 Å². The number of hydrogen-bond acceptors (Lipinski definition) is 5. The molecule has 152 valence electrons. The highest BCUT2D eigenvalue weighted by molar-refractivity contribution is 6.30. The van der Waals surface area contributed by atoms with Crippen LogP contribution < -0.4 is 10.6 Å². The number of aromatic nitrogens is 4. The zero-order valence-electron chi connectivity index (χ0n) is 16.3. The summed E-state index contributed by atoms with van der Waals surface area (Å²) in [4.78, 5) is 12.2. The zero-order chi connectivity index (χ0) is 20.8. The molecule has 2 aromatic carbocycles. The summed E-state index contributed by atoms with van der Waals surface area (Å²) >= 11 is 5.94. The molecule has 2 aromatic heterocycles. The van der Waals surface area contributed by atoms with Gasteiger partial charge >= 0.3 is 0 Å². The van der Waals surface area contributed by atoms with Crippen molar-refractivity contribution in [3.63, 3.8) is 0 Å². The second-order valence-electron chi connectivity index (χ2n) is 6.78. The highest BCUT2D eigenvalue weighted by atomic mass is 35.5. The molecule has 0 radical (unpaired) electrons. The van der Waals surface area contributed by atoms with E-state index in [0.717, 1.165) is 18.8 Å². The first-order chi connectivity index (χ1) is 14.7. The Balaban J connectivity index is 1.35. The van der Waals surface area contributed by atoms with Crippen molar-refractivity contribution in [2.24, 2.45) is 0 Å². The summed E-state index contributed by atoms with van der Waals surface area (Å²) in [7, 11) is 0. The van der Waals surface area contributed by atoms with Crippen molar-refractivity contribution in [2.75, 3.05) is 18.4 Å². The monoisotopic (exact) mass is 420 g/mol. The Morgan fingerprint density at radius 3 is 2.63 bits per heavy atom. The maximum absolute atomic E-state index is 12.2. The van der Waals surface area contributed by atoms with Crippen LogP contribution in [0.5, 0.6) is 0 Å². The SMILES string of the molecule is O=C(NCCc1nnc2ccc(NCCc3ccccc3)nn12)c1cccc(Cl)c1. The molecule has 0 bridgehead atoms. The average molecular weight is 421 g/mol. The van der Waals surface area contributed by atoms with Gasteiger partial charge in [-0.2, -0.15) is 4.52 Å². The third kappa shape index (κ3) is 4.93. The number of fused-ring (bicyclic) bond motifs is 1. The quantitative estimate of drug-likeness (QED) is 0.456. The summed E-state index contributed by atoms with van der Waals surface area (Å²) in [5, 5.41) is 19.7. The van der Waals surface area contributed by atoms with Gasteiger partial charge in [0.2, 0.25) is 0 Å². The van der Waals surface area contributed by atoms with Crippen LogP contribution in [0.1, 0.15) is 21.7 Å². The molecule has 0 aliphatic heterocycles. The van der Waals surface area contributed by atoms with Gasteiger partial charge in [-0.1, -0.05) is 48.0 Å². The summed E-state index contributed by atoms with van der Waals surface area (Å²) in [6.07, 6.45) is 1.42. The van der Waals surface area contributed by atoms with Gasteiger partial charge in [0.25, 0.3) is 5.91 Å². The fraction of sp³-hybridized carbons (Fsp3) is 0.182. The molecule has 4 aromatic rings. The van der Waals surface area contributed by atoms with E-state index in [4.69, 9.17) is 11.6 Å². The fourth-order valence-electron chi connectivity index (χ4n) is 3.08. The van der Waals surface area contributed by atoms with Gasteiger partial charge in [0.05, 0.1) is 0 Å². The van der Waals surface area contributed by atoms with Crippen LogP contribution >= 0.6 is 11.6 Å². The van der Waals surface area contributed by atoms with E-state index in [1.807, 2.05) is 30.3 Å². The van der Waals surface area contributed by atoms with Gasteiger partial charge in [0.15, 0.2) is 11.5 Å². The van der Waals surface area contributed by atoms with E-state index in [0.29, 0.717) is 35.0 Å². The number of halogens is 1. The first kappa shape index (κ1) is 19.8. The molecular formula is C22H21ClN6O. The predicted octanol–water partition coefficient (Wildman–Crippen LogP) is 3.40. The van der Waals surface area contributed by atoms with Crippen molar-refractivity contribution in [3.8, 4) is 0 Å². The maximum atomic E-state index is 12.2. The second-order valence-corrected chi connectivity index (χ2v) is 7.22.